The summed E-state index contributed by atoms with van der Waals surface area (Å²) in [6.45, 7) is 5.13. The van der Waals surface area contributed by atoms with E-state index in [9.17, 15) is 9.18 Å². The number of morpholine rings is 1. The Bertz CT molecular complexity index is 959. The lowest BCUT2D eigenvalue weighted by molar-refractivity contribution is -0.115. The zero-order valence-corrected chi connectivity index (χ0v) is 15.2. The lowest BCUT2D eigenvalue weighted by Gasteiger charge is -2.28. The van der Waals surface area contributed by atoms with Gasteiger partial charge in [0.2, 0.25) is 5.91 Å². The lowest BCUT2D eigenvalue weighted by Crippen LogP contribution is -2.36. The monoisotopic (exact) mass is 367 g/mol. The van der Waals surface area contributed by atoms with Crippen molar-refractivity contribution >= 4 is 28.2 Å². The van der Waals surface area contributed by atoms with Crippen LogP contribution in [-0.2, 0) is 16.0 Å². The third kappa shape index (κ3) is 3.80. The van der Waals surface area contributed by atoms with Gasteiger partial charge in [-0.05, 0) is 55.0 Å². The fourth-order valence-electron chi connectivity index (χ4n) is 3.53. The first-order valence-corrected chi connectivity index (χ1v) is 9.09. The molecule has 2 heterocycles. The van der Waals surface area contributed by atoms with Crippen LogP contribution in [0.3, 0.4) is 0 Å². The fraction of sp³-hybridized carbons (Fsp3) is 0.286. The number of benzene rings is 2. The molecular weight excluding hydrogens is 345 g/mol. The molecule has 5 nitrogen and oxygen atoms in total. The standard InChI is InChI=1S/C21H22FN3O2/c1-14-18(19-12-15(22)2-7-20(19)23-14)13-21(26)24-16-3-5-17(6-4-16)25-8-10-27-11-9-25/h2-7,12,23H,8-11,13H2,1H3,(H,24,26). The normalized spacial score (nSPS) is 14.5. The number of rotatable bonds is 4. The second-order valence-corrected chi connectivity index (χ2v) is 6.79. The summed E-state index contributed by atoms with van der Waals surface area (Å²) in [7, 11) is 0. The van der Waals surface area contributed by atoms with Crippen molar-refractivity contribution in [2.45, 2.75) is 13.3 Å². The Morgan fingerprint density at radius 1 is 1.19 bits per heavy atom. The van der Waals surface area contributed by atoms with Crippen LogP contribution in [0.25, 0.3) is 10.9 Å². The van der Waals surface area contributed by atoms with Crippen LogP contribution in [0.2, 0.25) is 0 Å². The maximum absolute atomic E-state index is 13.6. The molecule has 0 radical (unpaired) electrons. The molecule has 6 heteroatoms. The van der Waals surface area contributed by atoms with Crippen LogP contribution in [0.5, 0.6) is 0 Å². The van der Waals surface area contributed by atoms with Gasteiger partial charge in [0.1, 0.15) is 5.82 Å². The Morgan fingerprint density at radius 2 is 1.93 bits per heavy atom. The summed E-state index contributed by atoms with van der Waals surface area (Å²) < 4.78 is 18.9. The highest BCUT2D eigenvalue weighted by molar-refractivity contribution is 5.96. The van der Waals surface area contributed by atoms with E-state index in [1.54, 1.807) is 6.07 Å². The first-order valence-electron chi connectivity index (χ1n) is 9.09. The van der Waals surface area contributed by atoms with Gasteiger partial charge in [-0.25, -0.2) is 4.39 Å². The van der Waals surface area contributed by atoms with Gasteiger partial charge in [-0.15, -0.1) is 0 Å². The SMILES string of the molecule is Cc1[nH]c2ccc(F)cc2c1CC(=O)Nc1ccc(N2CCOCC2)cc1. The van der Waals surface area contributed by atoms with E-state index in [2.05, 4.69) is 15.2 Å². The highest BCUT2D eigenvalue weighted by Crippen LogP contribution is 2.24. The Morgan fingerprint density at radius 3 is 2.67 bits per heavy atom. The van der Waals surface area contributed by atoms with Crippen molar-refractivity contribution in [3.05, 3.63) is 59.5 Å². The zero-order chi connectivity index (χ0) is 18.8. The Kier molecular flexibility index (Phi) is 4.81. The number of anilines is 2. The smallest absolute Gasteiger partial charge is 0.228 e. The number of aromatic nitrogens is 1. The van der Waals surface area contributed by atoms with E-state index >= 15 is 0 Å². The molecule has 0 aliphatic carbocycles. The van der Waals surface area contributed by atoms with Crippen molar-refractivity contribution in [1.82, 2.24) is 4.98 Å². The average molecular weight is 367 g/mol. The Labute approximate surface area is 157 Å². The first kappa shape index (κ1) is 17.5. The summed E-state index contributed by atoms with van der Waals surface area (Å²) in [5, 5.41) is 3.68. The van der Waals surface area contributed by atoms with Gasteiger partial charge in [-0.3, -0.25) is 4.79 Å². The molecule has 4 rings (SSSR count). The second kappa shape index (κ2) is 7.40. The minimum Gasteiger partial charge on any atom is -0.378 e. The van der Waals surface area contributed by atoms with E-state index < -0.39 is 0 Å². The molecule has 27 heavy (non-hydrogen) atoms. The van der Waals surface area contributed by atoms with Gasteiger partial charge in [-0.1, -0.05) is 0 Å². The molecule has 3 aromatic rings. The number of aromatic amines is 1. The molecule has 0 spiro atoms. The van der Waals surface area contributed by atoms with Crippen LogP contribution in [0, 0.1) is 12.7 Å². The number of carbonyl (C=O) groups excluding carboxylic acids is 1. The van der Waals surface area contributed by atoms with Crippen LogP contribution in [0.1, 0.15) is 11.3 Å². The zero-order valence-electron chi connectivity index (χ0n) is 15.2. The van der Waals surface area contributed by atoms with Gasteiger partial charge < -0.3 is 19.9 Å². The molecule has 1 aliphatic heterocycles. The lowest BCUT2D eigenvalue weighted by atomic mass is 10.1. The number of amides is 1. The summed E-state index contributed by atoms with van der Waals surface area (Å²) in [6.07, 6.45) is 0.195. The van der Waals surface area contributed by atoms with Gasteiger partial charge >= 0.3 is 0 Å². The number of halogens is 1. The molecule has 2 N–H and O–H groups in total. The van der Waals surface area contributed by atoms with Crippen molar-refractivity contribution in [3.63, 3.8) is 0 Å². The third-order valence-corrected chi connectivity index (χ3v) is 4.95. The number of ether oxygens (including phenoxy) is 1. The predicted octanol–water partition coefficient (Wildman–Crippen LogP) is 3.63. The van der Waals surface area contributed by atoms with E-state index in [1.165, 1.54) is 12.1 Å². The molecular formula is C21H22FN3O2. The summed E-state index contributed by atoms with van der Waals surface area (Å²) in [5.74, 6) is -0.427. The van der Waals surface area contributed by atoms with E-state index in [4.69, 9.17) is 4.74 Å². The van der Waals surface area contributed by atoms with E-state index in [-0.39, 0.29) is 18.1 Å². The molecule has 1 fully saturated rings. The molecule has 140 valence electrons. The number of nitrogens with zero attached hydrogens (tertiary/aromatic N) is 1. The second-order valence-electron chi connectivity index (χ2n) is 6.79. The summed E-state index contributed by atoms with van der Waals surface area (Å²) in [4.78, 5) is 18.0. The molecule has 1 aromatic heterocycles. The van der Waals surface area contributed by atoms with E-state index in [0.717, 1.165) is 59.8 Å². The van der Waals surface area contributed by atoms with Crippen molar-refractivity contribution in [2.75, 3.05) is 36.5 Å². The van der Waals surface area contributed by atoms with Gasteiger partial charge in [0.25, 0.3) is 0 Å². The maximum atomic E-state index is 13.6. The third-order valence-electron chi connectivity index (χ3n) is 4.95. The summed E-state index contributed by atoms with van der Waals surface area (Å²) >= 11 is 0. The molecule has 1 amide bonds. The van der Waals surface area contributed by atoms with Crippen molar-refractivity contribution in [1.29, 1.82) is 0 Å². The predicted molar refractivity (Wildman–Crippen MR) is 105 cm³/mol. The molecule has 1 aliphatic rings. The van der Waals surface area contributed by atoms with Crippen LogP contribution < -0.4 is 10.2 Å². The van der Waals surface area contributed by atoms with E-state index in [1.807, 2.05) is 31.2 Å². The van der Waals surface area contributed by atoms with Crippen LogP contribution >= 0.6 is 0 Å². The number of H-pyrrole nitrogens is 1. The average Bonchev–Trinajstić information content (AvgIpc) is 2.98. The van der Waals surface area contributed by atoms with Crippen molar-refractivity contribution in [3.8, 4) is 0 Å². The Hall–Kier alpha value is -2.86. The largest absolute Gasteiger partial charge is 0.378 e. The highest BCUT2D eigenvalue weighted by atomic mass is 19.1. The van der Waals surface area contributed by atoms with Crippen LogP contribution in [0.15, 0.2) is 42.5 Å². The number of nitrogens with one attached hydrogen (secondary N) is 2. The number of aryl methyl sites for hydroxylation is 1. The van der Waals surface area contributed by atoms with Gasteiger partial charge in [-0.2, -0.15) is 0 Å². The van der Waals surface area contributed by atoms with Crippen LogP contribution in [0.4, 0.5) is 15.8 Å². The molecule has 0 bridgehead atoms. The minimum atomic E-state index is -0.304. The number of hydrogen-bond donors (Lipinski definition) is 2. The minimum absolute atomic E-state index is 0.123. The summed E-state index contributed by atoms with van der Waals surface area (Å²) in [6, 6.07) is 12.4. The van der Waals surface area contributed by atoms with Gasteiger partial charge in [0, 0.05) is 41.1 Å². The molecule has 2 aromatic carbocycles. The van der Waals surface area contributed by atoms with Gasteiger partial charge in [0.05, 0.1) is 19.6 Å². The molecule has 0 atom stereocenters. The number of hydrogen-bond acceptors (Lipinski definition) is 3. The highest BCUT2D eigenvalue weighted by Gasteiger charge is 2.14. The molecule has 0 unspecified atom stereocenters. The van der Waals surface area contributed by atoms with Crippen molar-refractivity contribution < 1.29 is 13.9 Å². The van der Waals surface area contributed by atoms with Gasteiger partial charge in [0.15, 0.2) is 0 Å². The summed E-state index contributed by atoms with van der Waals surface area (Å²) in [5.41, 5.74) is 4.42. The maximum Gasteiger partial charge on any atom is 0.228 e. The molecule has 1 saturated heterocycles. The first-order chi connectivity index (χ1) is 13.1. The van der Waals surface area contributed by atoms with Crippen molar-refractivity contribution in [2.24, 2.45) is 0 Å². The topological polar surface area (TPSA) is 57.4 Å². The quantitative estimate of drug-likeness (QED) is 0.740. The fourth-order valence-corrected chi connectivity index (χ4v) is 3.53. The number of fused-ring (bicyclic) bond motifs is 1. The Balaban J connectivity index is 1.45. The van der Waals surface area contributed by atoms with E-state index in [0.29, 0.717) is 0 Å². The molecule has 0 saturated carbocycles. The number of carbonyl (C=O) groups is 1. The van der Waals surface area contributed by atoms with Crippen LogP contribution in [-0.4, -0.2) is 37.2 Å².